The summed E-state index contributed by atoms with van der Waals surface area (Å²) in [6.07, 6.45) is 82.1. The van der Waals surface area contributed by atoms with Gasteiger partial charge >= 0.3 is 17.9 Å². The summed E-state index contributed by atoms with van der Waals surface area (Å²) in [5, 5.41) is 0. The van der Waals surface area contributed by atoms with E-state index >= 15 is 0 Å². The summed E-state index contributed by atoms with van der Waals surface area (Å²) in [6.45, 7) is 6.45. The van der Waals surface area contributed by atoms with E-state index in [2.05, 4.69) is 106 Å². The number of carbonyl (C=O) groups excluding carboxylic acids is 3. The number of hydrogen-bond donors (Lipinski definition) is 0. The number of rotatable bonds is 57. The van der Waals surface area contributed by atoms with Gasteiger partial charge in [0.2, 0.25) is 0 Å². The van der Waals surface area contributed by atoms with Crippen LogP contribution < -0.4 is 0 Å². The van der Waals surface area contributed by atoms with Gasteiger partial charge in [-0.05, 0) is 96.3 Å². The molecule has 0 saturated carbocycles. The molecule has 1 atom stereocenters. The van der Waals surface area contributed by atoms with Gasteiger partial charge in [0, 0.05) is 19.3 Å². The topological polar surface area (TPSA) is 78.9 Å². The van der Waals surface area contributed by atoms with Crippen LogP contribution in [0.25, 0.3) is 0 Å². The first-order chi connectivity index (χ1) is 36.5. The zero-order valence-electron chi connectivity index (χ0n) is 48.8. The Hall–Kier alpha value is -3.41. The van der Waals surface area contributed by atoms with E-state index in [-0.39, 0.29) is 31.1 Å². The SMILES string of the molecule is CC/C=C\C/C=C\C/C=C\C/C=C\C/C=C\CCCCCCCCCCCCCCCCCCCCCC(=O)OCC(COC(=O)CCCCCCCC)OC(=O)CCCCCCC/C=C\C/C=C\CCCCC. The maximum atomic E-state index is 12.8. The van der Waals surface area contributed by atoms with Crippen LogP contribution >= 0.6 is 0 Å². The average molecular weight is 1030 g/mol. The van der Waals surface area contributed by atoms with Crippen LogP contribution in [0.3, 0.4) is 0 Å². The van der Waals surface area contributed by atoms with Crippen LogP contribution in [0.1, 0.15) is 310 Å². The molecular weight excluding hydrogens is 913 g/mol. The number of unbranched alkanes of at least 4 members (excludes halogenated alkanes) is 32. The minimum absolute atomic E-state index is 0.0780. The highest BCUT2D eigenvalue weighted by Crippen LogP contribution is 2.17. The van der Waals surface area contributed by atoms with Crippen LogP contribution in [-0.2, 0) is 28.6 Å². The first kappa shape index (κ1) is 70.6. The molecule has 0 aromatic rings. The fraction of sp³-hybridized carbons (Fsp3) is 0.750. The zero-order chi connectivity index (χ0) is 53.6. The van der Waals surface area contributed by atoms with E-state index in [0.29, 0.717) is 19.3 Å². The Bertz CT molecular complexity index is 1420. The van der Waals surface area contributed by atoms with Gasteiger partial charge in [0.15, 0.2) is 6.10 Å². The van der Waals surface area contributed by atoms with Crippen molar-refractivity contribution in [1.29, 1.82) is 0 Å². The highest BCUT2D eigenvalue weighted by Gasteiger charge is 2.19. The Balaban J connectivity index is 3.95. The molecule has 6 heteroatoms. The third-order valence-corrected chi connectivity index (χ3v) is 13.6. The molecule has 0 aliphatic carbocycles. The van der Waals surface area contributed by atoms with Crippen LogP contribution in [-0.4, -0.2) is 37.2 Å². The molecule has 74 heavy (non-hydrogen) atoms. The minimum Gasteiger partial charge on any atom is -0.462 e. The van der Waals surface area contributed by atoms with Gasteiger partial charge in [-0.25, -0.2) is 0 Å². The fourth-order valence-electron chi connectivity index (χ4n) is 8.91. The Morgan fingerprint density at radius 1 is 0.284 bits per heavy atom. The molecule has 0 amide bonds. The van der Waals surface area contributed by atoms with Crippen molar-refractivity contribution < 1.29 is 28.6 Å². The minimum atomic E-state index is -0.777. The summed E-state index contributed by atoms with van der Waals surface area (Å²) in [4.78, 5) is 37.9. The van der Waals surface area contributed by atoms with E-state index < -0.39 is 6.10 Å². The van der Waals surface area contributed by atoms with E-state index in [1.165, 1.54) is 154 Å². The average Bonchev–Trinajstić information content (AvgIpc) is 3.40. The number of ether oxygens (including phenoxy) is 3. The number of carbonyl (C=O) groups is 3. The van der Waals surface area contributed by atoms with E-state index in [1.807, 2.05) is 0 Å². The highest BCUT2D eigenvalue weighted by molar-refractivity contribution is 5.71. The van der Waals surface area contributed by atoms with Gasteiger partial charge in [-0.1, -0.05) is 279 Å². The molecule has 0 fully saturated rings. The molecule has 0 aromatic carbocycles. The quantitative estimate of drug-likeness (QED) is 0.0261. The molecular formula is C68H118O6. The van der Waals surface area contributed by atoms with Crippen molar-refractivity contribution in [2.45, 2.75) is 316 Å². The van der Waals surface area contributed by atoms with Crippen molar-refractivity contribution >= 4 is 17.9 Å². The molecule has 1 unspecified atom stereocenters. The lowest BCUT2D eigenvalue weighted by molar-refractivity contribution is -0.167. The van der Waals surface area contributed by atoms with Gasteiger partial charge in [0.1, 0.15) is 13.2 Å². The lowest BCUT2D eigenvalue weighted by Crippen LogP contribution is -2.30. The highest BCUT2D eigenvalue weighted by atomic mass is 16.6. The third-order valence-electron chi connectivity index (χ3n) is 13.6. The lowest BCUT2D eigenvalue weighted by atomic mass is 10.0. The number of hydrogen-bond acceptors (Lipinski definition) is 6. The Labute approximate surface area is 458 Å². The van der Waals surface area contributed by atoms with Gasteiger partial charge in [-0.15, -0.1) is 0 Å². The molecule has 0 aliphatic rings. The second-order valence-corrected chi connectivity index (χ2v) is 20.9. The summed E-state index contributed by atoms with van der Waals surface area (Å²) in [6, 6.07) is 0. The van der Waals surface area contributed by atoms with E-state index in [4.69, 9.17) is 14.2 Å². The Kier molecular flexibility index (Phi) is 59.3. The summed E-state index contributed by atoms with van der Waals surface area (Å²) >= 11 is 0. The van der Waals surface area contributed by atoms with Crippen molar-refractivity contribution in [3.63, 3.8) is 0 Å². The second-order valence-electron chi connectivity index (χ2n) is 20.9. The fourth-order valence-corrected chi connectivity index (χ4v) is 8.91. The Morgan fingerprint density at radius 3 is 0.851 bits per heavy atom. The van der Waals surface area contributed by atoms with Crippen molar-refractivity contribution in [2.24, 2.45) is 0 Å². The maximum absolute atomic E-state index is 12.8. The van der Waals surface area contributed by atoms with Crippen molar-refractivity contribution in [1.82, 2.24) is 0 Å². The first-order valence-electron chi connectivity index (χ1n) is 31.6. The van der Waals surface area contributed by atoms with Crippen molar-refractivity contribution in [2.75, 3.05) is 13.2 Å². The molecule has 6 nitrogen and oxygen atoms in total. The monoisotopic (exact) mass is 1030 g/mol. The van der Waals surface area contributed by atoms with Crippen LogP contribution in [0.4, 0.5) is 0 Å². The third kappa shape index (κ3) is 59.5. The predicted molar refractivity (Wildman–Crippen MR) is 321 cm³/mol. The molecule has 0 aromatic heterocycles. The maximum Gasteiger partial charge on any atom is 0.306 e. The van der Waals surface area contributed by atoms with E-state index in [1.54, 1.807) is 0 Å². The predicted octanol–water partition coefficient (Wildman–Crippen LogP) is 21.5. The van der Waals surface area contributed by atoms with Gasteiger partial charge < -0.3 is 14.2 Å². The summed E-state index contributed by atoms with van der Waals surface area (Å²) < 4.78 is 16.8. The van der Waals surface area contributed by atoms with Crippen LogP contribution in [0.5, 0.6) is 0 Å². The molecule has 0 aliphatic heterocycles. The van der Waals surface area contributed by atoms with Crippen LogP contribution in [0, 0.1) is 0 Å². The number of allylic oxidation sites excluding steroid dienone is 14. The normalized spacial score (nSPS) is 12.6. The van der Waals surface area contributed by atoms with Crippen LogP contribution in [0.15, 0.2) is 85.1 Å². The van der Waals surface area contributed by atoms with Gasteiger partial charge in [0.25, 0.3) is 0 Å². The molecule has 0 saturated heterocycles. The lowest BCUT2D eigenvalue weighted by Gasteiger charge is -2.18. The molecule has 426 valence electrons. The summed E-state index contributed by atoms with van der Waals surface area (Å²) in [5.74, 6) is -0.892. The van der Waals surface area contributed by atoms with Crippen molar-refractivity contribution in [3.8, 4) is 0 Å². The number of esters is 3. The molecule has 0 spiro atoms. The van der Waals surface area contributed by atoms with Gasteiger partial charge in [0.05, 0.1) is 0 Å². The summed E-state index contributed by atoms with van der Waals surface area (Å²) in [5.41, 5.74) is 0. The zero-order valence-corrected chi connectivity index (χ0v) is 48.8. The van der Waals surface area contributed by atoms with Crippen molar-refractivity contribution in [3.05, 3.63) is 85.1 Å². The molecule has 0 N–H and O–H groups in total. The second kappa shape index (κ2) is 62.1. The Morgan fingerprint density at radius 2 is 0.527 bits per heavy atom. The summed E-state index contributed by atoms with van der Waals surface area (Å²) in [7, 11) is 0. The molecule has 0 rings (SSSR count). The molecule has 0 radical (unpaired) electrons. The van der Waals surface area contributed by atoms with Gasteiger partial charge in [-0.3, -0.25) is 14.4 Å². The van der Waals surface area contributed by atoms with Crippen LogP contribution in [0.2, 0.25) is 0 Å². The smallest absolute Gasteiger partial charge is 0.306 e. The van der Waals surface area contributed by atoms with E-state index in [9.17, 15) is 14.4 Å². The van der Waals surface area contributed by atoms with E-state index in [0.717, 1.165) is 116 Å². The molecule has 0 heterocycles. The molecule has 0 bridgehead atoms. The van der Waals surface area contributed by atoms with Gasteiger partial charge in [-0.2, -0.15) is 0 Å². The largest absolute Gasteiger partial charge is 0.462 e. The standard InChI is InChI=1S/C68H118O6/c1-4-7-10-13-16-18-20-22-24-25-26-27-28-29-30-31-32-33-34-35-36-37-38-39-40-41-42-43-45-46-48-50-52-55-58-61-67(70)73-64-65(63-72-66(69)60-57-54-15-12-9-6-3)74-68(71)62-59-56-53-51-49-47-44-23-21-19-17-14-11-8-5-2/h7,10,16-19,22-24,26-27,29-30,44,65H,4-6,8-9,11-15,20-21,25,28,31-43,45-64H2,1-3H3/b10-7-,18-16-,19-17-,24-22-,27-26-,30-29-,44-23-. The first-order valence-corrected chi connectivity index (χ1v) is 31.6.